The lowest BCUT2D eigenvalue weighted by molar-refractivity contribution is -0.125. The van der Waals surface area contributed by atoms with Crippen molar-refractivity contribution in [1.29, 1.82) is 0 Å². The summed E-state index contributed by atoms with van der Waals surface area (Å²) in [5.74, 6) is -1.62. The van der Waals surface area contributed by atoms with Crippen molar-refractivity contribution in [3.05, 3.63) is 0 Å². The summed E-state index contributed by atoms with van der Waals surface area (Å²) in [6.45, 7) is 5.84. The highest BCUT2D eigenvalue weighted by atomic mass is 32.2. The van der Waals surface area contributed by atoms with Crippen LogP contribution in [0.25, 0.3) is 0 Å². The van der Waals surface area contributed by atoms with Crippen molar-refractivity contribution >= 4 is 21.9 Å². The highest BCUT2D eigenvalue weighted by Gasteiger charge is 2.18. The summed E-state index contributed by atoms with van der Waals surface area (Å²) < 4.78 is 29.5. The van der Waals surface area contributed by atoms with E-state index in [1.54, 1.807) is 11.8 Å². The quantitative estimate of drug-likeness (QED) is 0.484. The van der Waals surface area contributed by atoms with Crippen molar-refractivity contribution in [2.24, 2.45) is 0 Å². The first kappa shape index (κ1) is 17.8. The third-order valence-electron chi connectivity index (χ3n) is 2.25. The maximum atomic E-state index is 11.5. The molecule has 0 unspecified atom stereocenters. The normalized spacial score (nSPS) is 11.7. The van der Waals surface area contributed by atoms with Crippen LogP contribution in [0.3, 0.4) is 0 Å². The molecule has 0 heterocycles. The Kier molecular flexibility index (Phi) is 7.57. The van der Waals surface area contributed by atoms with E-state index < -0.39 is 21.9 Å². The fraction of sp³-hybridized carbons (Fsp3) is 0.800. The molecular weight excluding hydrogens is 274 g/mol. The number of rotatable bonds is 8. The third-order valence-corrected chi connectivity index (χ3v) is 2.76. The molecule has 0 aliphatic carbocycles. The second-order valence-corrected chi connectivity index (χ2v) is 5.73. The molecule has 2 amide bonds. The molecular formula is C10H21N3O5S. The SMILES string of the molecule is CCNC(=O)CN(CC(=O)NCS(=O)(=O)O)C(C)C. The van der Waals surface area contributed by atoms with Crippen LogP contribution < -0.4 is 10.6 Å². The Morgan fingerprint density at radius 2 is 1.63 bits per heavy atom. The van der Waals surface area contributed by atoms with Gasteiger partial charge < -0.3 is 10.6 Å². The highest BCUT2D eigenvalue weighted by molar-refractivity contribution is 7.85. The van der Waals surface area contributed by atoms with Crippen LogP contribution in [-0.4, -0.2) is 61.2 Å². The monoisotopic (exact) mass is 295 g/mol. The van der Waals surface area contributed by atoms with Crippen LogP contribution in [0.1, 0.15) is 20.8 Å². The molecule has 0 aromatic carbocycles. The lowest BCUT2D eigenvalue weighted by atomic mass is 10.3. The maximum Gasteiger partial charge on any atom is 0.283 e. The van der Waals surface area contributed by atoms with Gasteiger partial charge in [0.15, 0.2) is 0 Å². The van der Waals surface area contributed by atoms with Crippen molar-refractivity contribution in [3.63, 3.8) is 0 Å². The number of hydrogen-bond acceptors (Lipinski definition) is 5. The van der Waals surface area contributed by atoms with Gasteiger partial charge in [-0.15, -0.1) is 0 Å². The fourth-order valence-electron chi connectivity index (χ4n) is 1.27. The maximum absolute atomic E-state index is 11.5. The van der Waals surface area contributed by atoms with Gasteiger partial charge in [0.2, 0.25) is 11.8 Å². The third kappa shape index (κ3) is 9.40. The van der Waals surface area contributed by atoms with Crippen LogP contribution >= 0.6 is 0 Å². The number of carbonyl (C=O) groups is 2. The van der Waals surface area contributed by atoms with Crippen LogP contribution in [0.2, 0.25) is 0 Å². The molecule has 0 aromatic rings. The van der Waals surface area contributed by atoms with Crippen molar-refractivity contribution < 1.29 is 22.6 Å². The Balaban J connectivity index is 4.34. The van der Waals surface area contributed by atoms with Gasteiger partial charge >= 0.3 is 0 Å². The Labute approximate surface area is 113 Å². The molecule has 8 nitrogen and oxygen atoms in total. The summed E-state index contributed by atoms with van der Waals surface area (Å²) in [4.78, 5) is 24.5. The van der Waals surface area contributed by atoms with E-state index in [0.717, 1.165) is 0 Å². The summed E-state index contributed by atoms with van der Waals surface area (Å²) in [5, 5.41) is 4.68. The van der Waals surface area contributed by atoms with E-state index in [1.165, 1.54) is 0 Å². The van der Waals surface area contributed by atoms with Crippen molar-refractivity contribution in [2.45, 2.75) is 26.8 Å². The Hall–Kier alpha value is -1.19. The molecule has 0 atom stereocenters. The van der Waals surface area contributed by atoms with Crippen LogP contribution in [-0.2, 0) is 19.7 Å². The predicted octanol–water partition coefficient (Wildman–Crippen LogP) is -1.21. The number of nitrogens with one attached hydrogen (secondary N) is 2. The van der Waals surface area contributed by atoms with Gasteiger partial charge in [-0.05, 0) is 20.8 Å². The first-order valence-corrected chi connectivity index (χ1v) is 7.49. The Bertz CT molecular complexity index is 407. The van der Waals surface area contributed by atoms with E-state index in [2.05, 4.69) is 10.6 Å². The first-order valence-electron chi connectivity index (χ1n) is 5.88. The second-order valence-electron chi connectivity index (χ2n) is 4.28. The molecule has 112 valence electrons. The molecule has 0 saturated carbocycles. The van der Waals surface area contributed by atoms with Gasteiger partial charge in [0, 0.05) is 12.6 Å². The van der Waals surface area contributed by atoms with E-state index in [9.17, 15) is 18.0 Å². The van der Waals surface area contributed by atoms with Crippen LogP contribution in [0.15, 0.2) is 0 Å². The fourth-order valence-corrected chi connectivity index (χ4v) is 1.61. The molecule has 0 spiro atoms. The lowest BCUT2D eigenvalue weighted by Crippen LogP contribution is -2.46. The van der Waals surface area contributed by atoms with Gasteiger partial charge in [-0.25, -0.2) is 0 Å². The topological polar surface area (TPSA) is 116 Å². The van der Waals surface area contributed by atoms with E-state index in [4.69, 9.17) is 4.55 Å². The molecule has 3 N–H and O–H groups in total. The minimum absolute atomic E-state index is 0.0464. The van der Waals surface area contributed by atoms with Crippen LogP contribution in [0.4, 0.5) is 0 Å². The number of likely N-dealkylation sites (N-methyl/N-ethyl adjacent to an activating group) is 1. The number of nitrogens with zero attached hydrogens (tertiary/aromatic N) is 1. The van der Waals surface area contributed by atoms with Gasteiger partial charge in [0.1, 0.15) is 5.88 Å². The zero-order valence-electron chi connectivity index (χ0n) is 11.3. The predicted molar refractivity (Wildman–Crippen MR) is 70.0 cm³/mol. The summed E-state index contributed by atoms with van der Waals surface area (Å²) in [7, 11) is -4.24. The van der Waals surface area contributed by atoms with E-state index >= 15 is 0 Å². The number of carbonyl (C=O) groups excluding carboxylic acids is 2. The smallest absolute Gasteiger partial charge is 0.283 e. The molecule has 0 fully saturated rings. The molecule has 0 bridgehead atoms. The Morgan fingerprint density at radius 1 is 1.16 bits per heavy atom. The molecule has 0 aliphatic heterocycles. The number of amides is 2. The minimum atomic E-state index is -4.24. The van der Waals surface area contributed by atoms with E-state index in [1.807, 2.05) is 13.8 Å². The lowest BCUT2D eigenvalue weighted by Gasteiger charge is -2.24. The zero-order valence-corrected chi connectivity index (χ0v) is 12.2. The average molecular weight is 295 g/mol. The molecule has 19 heavy (non-hydrogen) atoms. The minimum Gasteiger partial charge on any atom is -0.355 e. The van der Waals surface area contributed by atoms with Crippen molar-refractivity contribution in [1.82, 2.24) is 15.5 Å². The number of hydrogen-bond donors (Lipinski definition) is 3. The summed E-state index contributed by atoms with van der Waals surface area (Å²) in [6, 6.07) is -0.0564. The molecule has 0 rings (SSSR count). The van der Waals surface area contributed by atoms with Gasteiger partial charge in [-0.2, -0.15) is 8.42 Å². The highest BCUT2D eigenvalue weighted by Crippen LogP contribution is 1.97. The van der Waals surface area contributed by atoms with Gasteiger partial charge in [0.05, 0.1) is 13.1 Å². The van der Waals surface area contributed by atoms with E-state index in [-0.39, 0.29) is 25.0 Å². The molecule has 0 aromatic heterocycles. The first-order chi connectivity index (χ1) is 8.65. The van der Waals surface area contributed by atoms with Gasteiger partial charge in [0.25, 0.3) is 10.1 Å². The molecule has 0 saturated heterocycles. The molecule has 9 heteroatoms. The summed E-state index contributed by atoms with van der Waals surface area (Å²) >= 11 is 0. The van der Waals surface area contributed by atoms with Crippen LogP contribution in [0.5, 0.6) is 0 Å². The molecule has 0 aliphatic rings. The Morgan fingerprint density at radius 3 is 2.00 bits per heavy atom. The van der Waals surface area contributed by atoms with E-state index in [0.29, 0.717) is 6.54 Å². The van der Waals surface area contributed by atoms with Gasteiger partial charge in [-0.1, -0.05) is 0 Å². The van der Waals surface area contributed by atoms with Gasteiger partial charge in [-0.3, -0.25) is 19.0 Å². The molecule has 0 radical (unpaired) electrons. The second kappa shape index (κ2) is 8.08. The zero-order chi connectivity index (χ0) is 15.1. The van der Waals surface area contributed by atoms with Crippen LogP contribution in [0, 0.1) is 0 Å². The average Bonchev–Trinajstić information content (AvgIpc) is 2.24. The standard InChI is InChI=1S/C10H21N3O5S/c1-4-11-9(14)5-13(8(2)3)6-10(15)12-7-19(16,17)18/h8H,4-7H2,1-3H3,(H,11,14)(H,12,15)(H,16,17,18). The summed E-state index contributed by atoms with van der Waals surface area (Å²) in [5.41, 5.74) is 0. The summed E-state index contributed by atoms with van der Waals surface area (Å²) in [6.07, 6.45) is 0. The largest absolute Gasteiger partial charge is 0.355 e. The van der Waals surface area contributed by atoms with Crippen molar-refractivity contribution in [2.75, 3.05) is 25.5 Å². The van der Waals surface area contributed by atoms with Crippen molar-refractivity contribution in [3.8, 4) is 0 Å².